The predicted molar refractivity (Wildman–Crippen MR) is 92.6 cm³/mol. The summed E-state index contributed by atoms with van der Waals surface area (Å²) in [5, 5.41) is 4.48. The van der Waals surface area contributed by atoms with Crippen LogP contribution in [-0.4, -0.2) is 38.8 Å². The normalized spacial score (nSPS) is 20.8. The van der Waals surface area contributed by atoms with E-state index in [1.54, 1.807) is 0 Å². The molecule has 3 rings (SSSR count). The molecule has 1 aliphatic heterocycles. The first-order valence-electron chi connectivity index (χ1n) is 7.48. The van der Waals surface area contributed by atoms with Crippen LogP contribution in [0, 0.1) is 6.92 Å². The molecule has 124 valence electrons. The van der Waals surface area contributed by atoms with Gasteiger partial charge in [0.15, 0.2) is 6.61 Å². The third-order valence-corrected chi connectivity index (χ3v) is 6.14. The smallest absolute Gasteiger partial charge is 0.258 e. The van der Waals surface area contributed by atoms with E-state index >= 15 is 0 Å². The van der Waals surface area contributed by atoms with Gasteiger partial charge in [-0.1, -0.05) is 23.7 Å². The van der Waals surface area contributed by atoms with Crippen LogP contribution in [0.15, 0.2) is 18.2 Å². The molecular formula is C16H19ClN2O3S. The van der Waals surface area contributed by atoms with Gasteiger partial charge in [0, 0.05) is 46.5 Å². The van der Waals surface area contributed by atoms with Crippen molar-refractivity contribution in [1.82, 2.24) is 9.88 Å². The van der Waals surface area contributed by atoms with Crippen molar-refractivity contribution in [3.05, 3.63) is 28.9 Å². The van der Waals surface area contributed by atoms with Crippen molar-refractivity contribution in [2.24, 2.45) is 7.05 Å². The summed E-state index contributed by atoms with van der Waals surface area (Å²) >= 11 is 6.32. The van der Waals surface area contributed by atoms with Crippen molar-refractivity contribution in [1.29, 1.82) is 0 Å². The molecule has 0 saturated carbocycles. The van der Waals surface area contributed by atoms with Gasteiger partial charge in [0.2, 0.25) is 0 Å². The van der Waals surface area contributed by atoms with E-state index in [2.05, 4.69) is 5.32 Å². The molecule has 1 amide bonds. The van der Waals surface area contributed by atoms with Gasteiger partial charge in [-0.25, -0.2) is 0 Å². The predicted octanol–water partition coefficient (Wildman–Crippen LogP) is 2.16. The van der Waals surface area contributed by atoms with Crippen LogP contribution in [0.4, 0.5) is 0 Å². The number of hydrogen-bond donors (Lipinski definition) is 1. The van der Waals surface area contributed by atoms with Gasteiger partial charge in [0.1, 0.15) is 5.75 Å². The Morgan fingerprint density at radius 1 is 1.52 bits per heavy atom. The molecule has 5 nitrogen and oxygen atoms in total. The average Bonchev–Trinajstić information content (AvgIpc) is 3.03. The van der Waals surface area contributed by atoms with Gasteiger partial charge in [-0.15, -0.1) is 0 Å². The number of aryl methyl sites for hydroxylation is 1. The maximum absolute atomic E-state index is 12.0. The van der Waals surface area contributed by atoms with Gasteiger partial charge < -0.3 is 14.6 Å². The molecule has 0 spiro atoms. The van der Waals surface area contributed by atoms with Crippen molar-refractivity contribution in [3.8, 4) is 5.75 Å². The highest BCUT2D eigenvalue weighted by molar-refractivity contribution is 7.85. The molecule has 23 heavy (non-hydrogen) atoms. The SMILES string of the molecule is Cc1c(Cl)c2cccc(OCC(=O)NC3CCS(=O)C3)c2n1C. The fourth-order valence-corrected chi connectivity index (χ4v) is 4.56. The molecule has 7 heteroatoms. The van der Waals surface area contributed by atoms with Crippen LogP contribution in [0.3, 0.4) is 0 Å². The van der Waals surface area contributed by atoms with Crippen molar-refractivity contribution < 1.29 is 13.7 Å². The fourth-order valence-electron chi connectivity index (χ4n) is 2.86. The number of fused-ring (bicyclic) bond motifs is 1. The number of nitrogens with zero attached hydrogens (tertiary/aromatic N) is 1. The zero-order valence-electron chi connectivity index (χ0n) is 13.1. The van der Waals surface area contributed by atoms with Gasteiger partial charge in [0.05, 0.1) is 10.5 Å². The molecule has 1 saturated heterocycles. The molecule has 2 heterocycles. The minimum atomic E-state index is -0.804. The van der Waals surface area contributed by atoms with E-state index in [9.17, 15) is 9.00 Å². The Labute approximate surface area is 142 Å². The number of para-hydroxylation sites is 1. The van der Waals surface area contributed by atoms with Crippen LogP contribution in [0.1, 0.15) is 12.1 Å². The number of carbonyl (C=O) groups is 1. The van der Waals surface area contributed by atoms with E-state index < -0.39 is 10.8 Å². The van der Waals surface area contributed by atoms with Gasteiger partial charge in [-0.05, 0) is 19.4 Å². The zero-order valence-corrected chi connectivity index (χ0v) is 14.7. The summed E-state index contributed by atoms with van der Waals surface area (Å²) in [6.07, 6.45) is 0.764. The third-order valence-electron chi connectivity index (χ3n) is 4.20. The molecule has 1 N–H and O–H groups in total. The molecule has 2 unspecified atom stereocenters. The topological polar surface area (TPSA) is 60.3 Å². The number of ether oxygens (including phenoxy) is 1. The molecule has 0 aliphatic carbocycles. The first kappa shape index (κ1) is 16.3. The molecule has 1 aliphatic rings. The van der Waals surface area contributed by atoms with E-state index in [0.717, 1.165) is 23.0 Å². The van der Waals surface area contributed by atoms with Crippen LogP contribution in [0.2, 0.25) is 5.02 Å². The second kappa shape index (κ2) is 6.53. The number of rotatable bonds is 4. The summed E-state index contributed by atoms with van der Waals surface area (Å²) in [5.74, 6) is 1.63. The first-order chi connectivity index (χ1) is 11.0. The Balaban J connectivity index is 1.71. The summed E-state index contributed by atoms with van der Waals surface area (Å²) in [6, 6.07) is 5.62. The lowest BCUT2D eigenvalue weighted by Crippen LogP contribution is -2.38. The van der Waals surface area contributed by atoms with Gasteiger partial charge >= 0.3 is 0 Å². The van der Waals surface area contributed by atoms with Crippen LogP contribution in [0.25, 0.3) is 10.9 Å². The minimum Gasteiger partial charge on any atom is -0.482 e. The summed E-state index contributed by atoms with van der Waals surface area (Å²) < 4.78 is 19.0. The van der Waals surface area contributed by atoms with Crippen molar-refractivity contribution >= 4 is 39.2 Å². The Morgan fingerprint density at radius 2 is 2.30 bits per heavy atom. The molecule has 1 aromatic carbocycles. The quantitative estimate of drug-likeness (QED) is 0.915. The standard InChI is InChI=1S/C16H19ClN2O3S/c1-10-15(17)12-4-3-5-13(16(12)19(10)2)22-8-14(20)18-11-6-7-23(21)9-11/h3-5,11H,6-9H2,1-2H3,(H,18,20). The molecule has 0 bridgehead atoms. The van der Waals surface area contributed by atoms with Crippen LogP contribution < -0.4 is 10.1 Å². The van der Waals surface area contributed by atoms with E-state index in [4.69, 9.17) is 16.3 Å². The summed E-state index contributed by atoms with van der Waals surface area (Å²) in [5.41, 5.74) is 1.83. The number of aromatic nitrogens is 1. The highest BCUT2D eigenvalue weighted by Crippen LogP contribution is 2.34. The molecule has 0 radical (unpaired) electrons. The molecule has 1 fully saturated rings. The maximum Gasteiger partial charge on any atom is 0.258 e. The molecular weight excluding hydrogens is 336 g/mol. The van der Waals surface area contributed by atoms with Gasteiger partial charge in [-0.3, -0.25) is 9.00 Å². The summed E-state index contributed by atoms with van der Waals surface area (Å²) in [4.78, 5) is 12.0. The van der Waals surface area contributed by atoms with E-state index in [0.29, 0.717) is 22.3 Å². The first-order valence-corrected chi connectivity index (χ1v) is 9.34. The van der Waals surface area contributed by atoms with E-state index in [1.807, 2.05) is 36.7 Å². The monoisotopic (exact) mass is 354 g/mol. The Kier molecular flexibility index (Phi) is 4.64. The summed E-state index contributed by atoms with van der Waals surface area (Å²) in [6.45, 7) is 1.88. The van der Waals surface area contributed by atoms with Crippen LogP contribution in [0.5, 0.6) is 5.75 Å². The van der Waals surface area contributed by atoms with Gasteiger partial charge in [0.25, 0.3) is 5.91 Å². The molecule has 2 aromatic rings. The number of nitrogens with one attached hydrogen (secondary N) is 1. The lowest BCUT2D eigenvalue weighted by Gasteiger charge is -2.13. The number of carbonyl (C=O) groups excluding carboxylic acids is 1. The Bertz CT molecular complexity index is 787. The van der Waals surface area contributed by atoms with Crippen molar-refractivity contribution in [3.63, 3.8) is 0 Å². The minimum absolute atomic E-state index is 0.00514. The molecule has 2 atom stereocenters. The molecule has 1 aromatic heterocycles. The second-order valence-electron chi connectivity index (χ2n) is 5.76. The second-order valence-corrected chi connectivity index (χ2v) is 7.76. The van der Waals surface area contributed by atoms with Crippen molar-refractivity contribution in [2.75, 3.05) is 18.1 Å². The highest BCUT2D eigenvalue weighted by atomic mass is 35.5. The number of benzene rings is 1. The van der Waals surface area contributed by atoms with E-state index in [1.165, 1.54) is 0 Å². The highest BCUT2D eigenvalue weighted by Gasteiger charge is 2.23. The maximum atomic E-state index is 12.0. The zero-order chi connectivity index (χ0) is 16.6. The number of hydrogen-bond acceptors (Lipinski definition) is 3. The number of amides is 1. The number of halogens is 1. The Morgan fingerprint density at radius 3 is 3.00 bits per heavy atom. The average molecular weight is 355 g/mol. The van der Waals surface area contributed by atoms with Crippen LogP contribution >= 0.6 is 11.6 Å². The largest absolute Gasteiger partial charge is 0.482 e. The fraction of sp³-hybridized carbons (Fsp3) is 0.438. The Hall–Kier alpha value is -1.53. The van der Waals surface area contributed by atoms with Gasteiger partial charge in [-0.2, -0.15) is 0 Å². The lowest BCUT2D eigenvalue weighted by atomic mass is 10.2. The lowest BCUT2D eigenvalue weighted by molar-refractivity contribution is -0.123. The third kappa shape index (κ3) is 3.23. The van der Waals surface area contributed by atoms with Crippen LogP contribution in [-0.2, 0) is 22.6 Å². The van der Waals surface area contributed by atoms with Crippen molar-refractivity contribution in [2.45, 2.75) is 19.4 Å². The summed E-state index contributed by atoms with van der Waals surface area (Å²) in [7, 11) is 1.12. The van der Waals surface area contributed by atoms with E-state index in [-0.39, 0.29) is 18.6 Å².